The maximum atomic E-state index is 13.2. The fourth-order valence-corrected chi connectivity index (χ4v) is 1.84. The van der Waals surface area contributed by atoms with Crippen LogP contribution in [0.3, 0.4) is 0 Å². The van der Waals surface area contributed by atoms with Gasteiger partial charge in [-0.2, -0.15) is 13.8 Å². The van der Waals surface area contributed by atoms with Gasteiger partial charge in [0.25, 0.3) is 5.92 Å². The maximum absolute atomic E-state index is 13.2. The lowest BCUT2D eigenvalue weighted by Crippen LogP contribution is -2.10. The Morgan fingerprint density at radius 2 is 2.14 bits per heavy atom. The topological polar surface area (TPSA) is 46.0 Å². The first-order chi connectivity index (χ1) is 6.54. The second-order valence-electron chi connectivity index (χ2n) is 3.07. The molecular weight excluding hydrogens is 210 g/mol. The van der Waals surface area contributed by atoms with Gasteiger partial charge in [0.2, 0.25) is 5.88 Å². The van der Waals surface area contributed by atoms with Crippen LogP contribution in [0.5, 0.6) is 5.88 Å². The van der Waals surface area contributed by atoms with Crippen LogP contribution in [-0.2, 0) is 12.3 Å². The normalized spacial score (nSPS) is 18.2. The van der Waals surface area contributed by atoms with Crippen LogP contribution in [0.15, 0.2) is 5.16 Å². The monoisotopic (exact) mass is 218 g/mol. The zero-order chi connectivity index (χ0) is 10.3. The fourth-order valence-electron chi connectivity index (χ4n) is 1.48. The summed E-state index contributed by atoms with van der Waals surface area (Å²) in [6.45, 7) is 0. The van der Waals surface area contributed by atoms with Gasteiger partial charge in [-0.25, -0.2) is 4.98 Å². The lowest BCUT2D eigenvalue weighted by Gasteiger charge is -2.09. The van der Waals surface area contributed by atoms with Crippen LogP contribution < -0.4 is 0 Å². The van der Waals surface area contributed by atoms with Crippen LogP contribution in [0.4, 0.5) is 8.78 Å². The zero-order valence-electron chi connectivity index (χ0n) is 7.42. The number of aromatic nitrogens is 2. The average Bonchev–Trinajstić information content (AvgIpc) is 2.43. The number of hydrogen-bond donors (Lipinski definition) is 1. The third kappa shape index (κ3) is 1.33. The van der Waals surface area contributed by atoms with Crippen molar-refractivity contribution in [1.29, 1.82) is 0 Å². The Morgan fingerprint density at radius 3 is 2.79 bits per heavy atom. The molecule has 0 saturated heterocycles. The third-order valence-corrected chi connectivity index (χ3v) is 2.73. The summed E-state index contributed by atoms with van der Waals surface area (Å²) in [5.74, 6) is -3.23. The number of nitrogens with zero attached hydrogens (tertiary/aromatic N) is 2. The molecule has 1 aromatic heterocycles. The molecule has 6 heteroatoms. The van der Waals surface area contributed by atoms with Crippen LogP contribution in [0.25, 0.3) is 0 Å². The van der Waals surface area contributed by atoms with Gasteiger partial charge in [0.15, 0.2) is 5.16 Å². The van der Waals surface area contributed by atoms with Gasteiger partial charge in [0, 0.05) is 12.0 Å². The molecule has 1 N–H and O–H groups in total. The molecule has 1 aromatic rings. The van der Waals surface area contributed by atoms with Crippen molar-refractivity contribution in [1.82, 2.24) is 9.97 Å². The molecule has 1 aliphatic carbocycles. The second kappa shape index (κ2) is 3.05. The molecule has 0 fully saturated rings. The molecule has 0 saturated carbocycles. The van der Waals surface area contributed by atoms with Crippen LogP contribution in [0.2, 0.25) is 0 Å². The highest BCUT2D eigenvalue weighted by molar-refractivity contribution is 7.98. The zero-order valence-corrected chi connectivity index (χ0v) is 8.24. The molecule has 2 rings (SSSR count). The fraction of sp³-hybridized carbons (Fsp3) is 0.500. The minimum absolute atomic E-state index is 0.142. The van der Waals surface area contributed by atoms with E-state index in [1.54, 1.807) is 6.26 Å². The van der Waals surface area contributed by atoms with Crippen molar-refractivity contribution in [2.75, 3.05) is 6.26 Å². The smallest absolute Gasteiger partial charge is 0.290 e. The average molecular weight is 218 g/mol. The number of alkyl halides is 2. The van der Waals surface area contributed by atoms with E-state index < -0.39 is 5.92 Å². The van der Waals surface area contributed by atoms with E-state index in [2.05, 4.69) is 9.97 Å². The Bertz CT molecular complexity index is 384. The molecule has 0 unspecified atom stereocenters. The molecule has 1 heterocycles. The Hall–Kier alpha value is -0.910. The van der Waals surface area contributed by atoms with E-state index in [4.69, 9.17) is 0 Å². The third-order valence-electron chi connectivity index (χ3n) is 2.18. The summed E-state index contributed by atoms with van der Waals surface area (Å²) in [5.41, 5.74) is -0.123. The number of hydrogen-bond acceptors (Lipinski definition) is 4. The molecule has 0 bridgehead atoms. The predicted octanol–water partition coefficient (Wildman–Crippen LogP) is 1.94. The molecule has 76 valence electrons. The van der Waals surface area contributed by atoms with Crippen molar-refractivity contribution in [2.45, 2.75) is 23.9 Å². The number of aromatic hydroxyl groups is 1. The van der Waals surface area contributed by atoms with Crippen molar-refractivity contribution < 1.29 is 13.9 Å². The summed E-state index contributed by atoms with van der Waals surface area (Å²) < 4.78 is 26.4. The molecule has 14 heavy (non-hydrogen) atoms. The molecule has 3 nitrogen and oxygen atoms in total. The summed E-state index contributed by atoms with van der Waals surface area (Å²) in [6, 6.07) is 0. The van der Waals surface area contributed by atoms with E-state index >= 15 is 0 Å². The number of fused-ring (bicyclic) bond motifs is 1. The molecule has 0 atom stereocenters. The molecule has 0 aliphatic heterocycles. The van der Waals surface area contributed by atoms with Gasteiger partial charge in [-0.15, -0.1) is 0 Å². The highest BCUT2D eigenvalue weighted by Crippen LogP contribution is 2.43. The van der Waals surface area contributed by atoms with Gasteiger partial charge in [0.05, 0.1) is 0 Å². The Labute approximate surface area is 83.6 Å². The first-order valence-electron chi connectivity index (χ1n) is 4.07. The van der Waals surface area contributed by atoms with E-state index in [1.165, 1.54) is 0 Å². The van der Waals surface area contributed by atoms with Gasteiger partial charge in [0.1, 0.15) is 5.69 Å². The van der Waals surface area contributed by atoms with Gasteiger partial charge < -0.3 is 5.11 Å². The molecule has 0 amide bonds. The standard InChI is InChI=1S/C8H8F2N2OS/c1-14-7-11-5-4(6(13)12-7)2-3-8(5,9)10/h2-3H2,1H3,(H,11,12,13). The number of halogens is 2. The van der Waals surface area contributed by atoms with Crippen LogP contribution in [0, 0.1) is 0 Å². The van der Waals surface area contributed by atoms with E-state index in [9.17, 15) is 13.9 Å². The van der Waals surface area contributed by atoms with E-state index in [0.717, 1.165) is 11.8 Å². The second-order valence-corrected chi connectivity index (χ2v) is 3.84. The highest BCUT2D eigenvalue weighted by Gasteiger charge is 2.43. The predicted molar refractivity (Wildman–Crippen MR) is 47.7 cm³/mol. The SMILES string of the molecule is CSc1nc(O)c2c(n1)C(F)(F)CC2. The Morgan fingerprint density at radius 1 is 1.43 bits per heavy atom. The Balaban J connectivity index is 2.59. The first kappa shape index (κ1) is 9.64. The van der Waals surface area contributed by atoms with Gasteiger partial charge in [-0.05, 0) is 12.7 Å². The van der Waals surface area contributed by atoms with E-state index in [-0.39, 0.29) is 35.1 Å². The quantitative estimate of drug-likeness (QED) is 0.578. The molecule has 0 aromatic carbocycles. The maximum Gasteiger partial charge on any atom is 0.290 e. The van der Waals surface area contributed by atoms with Crippen LogP contribution in [-0.4, -0.2) is 21.3 Å². The largest absolute Gasteiger partial charge is 0.493 e. The number of rotatable bonds is 1. The van der Waals surface area contributed by atoms with Crippen molar-refractivity contribution in [3.63, 3.8) is 0 Å². The summed E-state index contributed by atoms with van der Waals surface area (Å²) >= 11 is 1.13. The molecule has 0 spiro atoms. The first-order valence-corrected chi connectivity index (χ1v) is 5.29. The lowest BCUT2D eigenvalue weighted by molar-refractivity contribution is -0.00657. The molecular formula is C8H8F2N2OS. The van der Waals surface area contributed by atoms with E-state index in [0.29, 0.717) is 0 Å². The van der Waals surface area contributed by atoms with Gasteiger partial charge in [-0.1, -0.05) is 11.8 Å². The molecule has 1 aliphatic rings. The van der Waals surface area contributed by atoms with Gasteiger partial charge >= 0.3 is 0 Å². The van der Waals surface area contributed by atoms with Crippen molar-refractivity contribution in [2.24, 2.45) is 0 Å². The lowest BCUT2D eigenvalue weighted by atomic mass is 10.2. The highest BCUT2D eigenvalue weighted by atomic mass is 32.2. The van der Waals surface area contributed by atoms with E-state index in [1.807, 2.05) is 0 Å². The number of thioether (sulfide) groups is 1. The summed E-state index contributed by atoms with van der Waals surface area (Å²) in [5, 5.41) is 9.56. The minimum atomic E-state index is -2.92. The van der Waals surface area contributed by atoms with Crippen molar-refractivity contribution in [3.05, 3.63) is 11.3 Å². The van der Waals surface area contributed by atoms with Crippen molar-refractivity contribution >= 4 is 11.8 Å². The summed E-state index contributed by atoms with van der Waals surface area (Å²) in [6.07, 6.45) is 1.53. The molecule has 0 radical (unpaired) electrons. The van der Waals surface area contributed by atoms with Gasteiger partial charge in [-0.3, -0.25) is 0 Å². The van der Waals surface area contributed by atoms with Crippen molar-refractivity contribution in [3.8, 4) is 5.88 Å². The minimum Gasteiger partial charge on any atom is -0.493 e. The Kier molecular flexibility index (Phi) is 2.10. The van der Waals surface area contributed by atoms with Crippen LogP contribution in [0.1, 0.15) is 17.7 Å². The summed E-state index contributed by atoms with van der Waals surface area (Å²) in [4.78, 5) is 7.43. The summed E-state index contributed by atoms with van der Waals surface area (Å²) in [7, 11) is 0. The van der Waals surface area contributed by atoms with Crippen LogP contribution >= 0.6 is 11.8 Å².